The Morgan fingerprint density at radius 1 is 1.06 bits per heavy atom. The summed E-state index contributed by atoms with van der Waals surface area (Å²) in [6.07, 6.45) is 4.86. The summed E-state index contributed by atoms with van der Waals surface area (Å²) >= 11 is 0. The normalized spacial score (nSPS) is 11.4. The van der Waals surface area contributed by atoms with E-state index in [0.717, 1.165) is 29.8 Å². The number of fused-ring (bicyclic) bond motifs is 2. The van der Waals surface area contributed by atoms with Gasteiger partial charge < -0.3 is 24.5 Å². The Morgan fingerprint density at radius 2 is 1.85 bits per heavy atom. The largest absolute Gasteiger partial charge is 0.497 e. The van der Waals surface area contributed by atoms with E-state index >= 15 is 0 Å². The molecule has 2 aromatic carbocycles. The Morgan fingerprint density at radius 3 is 2.62 bits per heavy atom. The molecule has 2 N–H and O–H groups in total. The van der Waals surface area contributed by atoms with Crippen LogP contribution in [0.3, 0.4) is 0 Å². The third-order valence-corrected chi connectivity index (χ3v) is 6.74. The first-order valence-electron chi connectivity index (χ1n) is 11.4. The van der Waals surface area contributed by atoms with Crippen LogP contribution in [0.2, 0.25) is 0 Å². The van der Waals surface area contributed by atoms with Crippen molar-refractivity contribution in [2.45, 2.75) is 13.3 Å². The first kappa shape index (κ1) is 21.8. The van der Waals surface area contributed by atoms with Gasteiger partial charge in [-0.15, -0.1) is 0 Å². The molecule has 174 valence electrons. The number of nitrogen functional groups attached to an aromatic ring is 1. The van der Waals surface area contributed by atoms with Crippen LogP contribution in [0.25, 0.3) is 32.9 Å². The lowest BCUT2D eigenvalue weighted by Crippen LogP contribution is -2.23. The zero-order chi connectivity index (χ0) is 24.0. The Hall–Kier alpha value is -4.00. The monoisotopic (exact) mass is 454 g/mol. The van der Waals surface area contributed by atoms with Crippen molar-refractivity contribution < 1.29 is 4.74 Å². The number of benzene rings is 2. The van der Waals surface area contributed by atoms with Crippen molar-refractivity contribution in [1.29, 1.82) is 0 Å². The molecule has 7 heteroatoms. The van der Waals surface area contributed by atoms with Gasteiger partial charge in [0, 0.05) is 73.1 Å². The number of hydrogen-bond donors (Lipinski definition) is 1. The van der Waals surface area contributed by atoms with Gasteiger partial charge in [0.2, 0.25) is 5.95 Å². The van der Waals surface area contributed by atoms with Crippen molar-refractivity contribution in [3.05, 3.63) is 66.1 Å². The highest BCUT2D eigenvalue weighted by molar-refractivity contribution is 5.88. The summed E-state index contributed by atoms with van der Waals surface area (Å²) in [5.74, 6) is 1.97. The highest BCUT2D eigenvalue weighted by Crippen LogP contribution is 2.30. The fourth-order valence-electron chi connectivity index (χ4n) is 4.61. The Bertz CT molecular complexity index is 1510. The molecule has 5 rings (SSSR count). The Balaban J connectivity index is 1.36. The van der Waals surface area contributed by atoms with Gasteiger partial charge in [-0.2, -0.15) is 4.98 Å². The molecule has 7 nitrogen and oxygen atoms in total. The molecule has 3 heterocycles. The Labute approximate surface area is 199 Å². The van der Waals surface area contributed by atoms with Gasteiger partial charge in [-0.25, -0.2) is 4.98 Å². The number of likely N-dealkylation sites (N-methyl/N-ethyl adjacent to an activating group) is 1. The van der Waals surface area contributed by atoms with E-state index in [2.05, 4.69) is 82.7 Å². The molecule has 0 fully saturated rings. The standard InChI is InChI=1S/C27H30N6O/c1-17-12-20-13-18(6-8-24(20)33(17)4)23-15-29-27(30-26(23)28)31(2)11-10-19-16-32(3)25-9-7-21(34-5)14-22(19)25/h6-9,12-16H,10-11H2,1-5H3,(H2,28,29,30). The summed E-state index contributed by atoms with van der Waals surface area (Å²) in [5.41, 5.74) is 13.1. The zero-order valence-electron chi connectivity index (χ0n) is 20.3. The third kappa shape index (κ3) is 3.73. The first-order chi connectivity index (χ1) is 16.4. The number of ether oxygens (including phenoxy) is 1. The van der Waals surface area contributed by atoms with Gasteiger partial charge in [0.1, 0.15) is 11.6 Å². The molecule has 0 atom stereocenters. The molecule has 0 amide bonds. The van der Waals surface area contributed by atoms with Crippen molar-refractivity contribution in [2.75, 3.05) is 31.3 Å². The summed E-state index contributed by atoms with van der Waals surface area (Å²) < 4.78 is 9.75. The zero-order valence-corrected chi connectivity index (χ0v) is 20.3. The summed E-state index contributed by atoms with van der Waals surface area (Å²) in [4.78, 5) is 11.3. The first-order valence-corrected chi connectivity index (χ1v) is 11.4. The fourth-order valence-corrected chi connectivity index (χ4v) is 4.61. The van der Waals surface area contributed by atoms with Crippen molar-refractivity contribution in [3.63, 3.8) is 0 Å². The molecule has 0 radical (unpaired) electrons. The van der Waals surface area contributed by atoms with Gasteiger partial charge >= 0.3 is 0 Å². The predicted octanol–water partition coefficient (Wildman–Crippen LogP) is 4.71. The lowest BCUT2D eigenvalue weighted by atomic mass is 10.1. The predicted molar refractivity (Wildman–Crippen MR) is 140 cm³/mol. The summed E-state index contributed by atoms with van der Waals surface area (Å²) in [6.45, 7) is 2.88. The van der Waals surface area contributed by atoms with Crippen LogP contribution in [-0.4, -0.2) is 39.8 Å². The van der Waals surface area contributed by atoms with Gasteiger partial charge in [-0.3, -0.25) is 0 Å². The molecule has 0 saturated carbocycles. The van der Waals surface area contributed by atoms with Crippen molar-refractivity contribution in [1.82, 2.24) is 19.1 Å². The highest BCUT2D eigenvalue weighted by Gasteiger charge is 2.13. The lowest BCUT2D eigenvalue weighted by Gasteiger charge is -2.18. The molecule has 0 aliphatic rings. The number of methoxy groups -OCH3 is 1. The fraction of sp³-hybridized carbons (Fsp3) is 0.259. The van der Waals surface area contributed by atoms with Gasteiger partial charge in [0.15, 0.2) is 0 Å². The van der Waals surface area contributed by atoms with Crippen molar-refractivity contribution in [3.8, 4) is 16.9 Å². The minimum Gasteiger partial charge on any atom is -0.497 e. The van der Waals surface area contributed by atoms with E-state index in [4.69, 9.17) is 10.5 Å². The van der Waals surface area contributed by atoms with Crippen LogP contribution >= 0.6 is 0 Å². The minimum atomic E-state index is 0.485. The van der Waals surface area contributed by atoms with Gasteiger partial charge in [-0.1, -0.05) is 6.07 Å². The molecule has 0 spiro atoms. The van der Waals surface area contributed by atoms with Crippen molar-refractivity contribution in [2.24, 2.45) is 14.1 Å². The van der Waals surface area contributed by atoms with E-state index in [1.54, 1.807) is 7.11 Å². The van der Waals surface area contributed by atoms with Crippen LogP contribution in [0.5, 0.6) is 5.75 Å². The number of nitrogens with two attached hydrogens (primary N) is 1. The van der Waals surface area contributed by atoms with Crippen LogP contribution < -0.4 is 15.4 Å². The molecule has 34 heavy (non-hydrogen) atoms. The number of anilines is 2. The molecule has 0 saturated heterocycles. The number of aromatic nitrogens is 4. The van der Waals surface area contributed by atoms with E-state index < -0.39 is 0 Å². The molecule has 5 aromatic rings. The van der Waals surface area contributed by atoms with Gasteiger partial charge in [0.05, 0.1) is 7.11 Å². The highest BCUT2D eigenvalue weighted by atomic mass is 16.5. The van der Waals surface area contributed by atoms with E-state index in [-0.39, 0.29) is 0 Å². The van der Waals surface area contributed by atoms with E-state index in [9.17, 15) is 0 Å². The van der Waals surface area contributed by atoms with Crippen LogP contribution in [0.15, 0.2) is 54.9 Å². The average Bonchev–Trinajstić information content (AvgIpc) is 3.31. The summed E-state index contributed by atoms with van der Waals surface area (Å²) in [7, 11) is 7.84. The lowest BCUT2D eigenvalue weighted by molar-refractivity contribution is 0.415. The van der Waals surface area contributed by atoms with Crippen LogP contribution in [0.1, 0.15) is 11.3 Å². The molecule has 3 aromatic heterocycles. The van der Waals surface area contributed by atoms with Crippen LogP contribution in [-0.2, 0) is 20.5 Å². The maximum Gasteiger partial charge on any atom is 0.227 e. The van der Waals surface area contributed by atoms with Crippen LogP contribution in [0, 0.1) is 6.92 Å². The number of rotatable bonds is 6. The SMILES string of the molecule is COc1ccc2c(c1)c(CCN(C)c1ncc(-c3ccc4c(c3)cc(C)n4C)c(N)n1)cn2C. The van der Waals surface area contributed by atoms with E-state index in [0.29, 0.717) is 11.8 Å². The van der Waals surface area contributed by atoms with E-state index in [1.165, 1.54) is 33.1 Å². The maximum absolute atomic E-state index is 6.39. The van der Waals surface area contributed by atoms with Gasteiger partial charge in [0.25, 0.3) is 0 Å². The summed E-state index contributed by atoms with van der Waals surface area (Å²) in [5, 5.41) is 2.39. The molecule has 0 aliphatic carbocycles. The van der Waals surface area contributed by atoms with Crippen LogP contribution in [0.4, 0.5) is 11.8 Å². The smallest absolute Gasteiger partial charge is 0.227 e. The number of aryl methyl sites for hydroxylation is 3. The topological polar surface area (TPSA) is 74.1 Å². The molecular weight excluding hydrogens is 424 g/mol. The quantitative estimate of drug-likeness (QED) is 0.402. The molecular formula is C27H30N6O. The third-order valence-electron chi connectivity index (χ3n) is 6.74. The van der Waals surface area contributed by atoms with Gasteiger partial charge in [-0.05, 0) is 60.9 Å². The molecule has 0 unspecified atom stereocenters. The number of nitrogens with zero attached hydrogens (tertiary/aromatic N) is 5. The molecule has 0 aliphatic heterocycles. The second-order valence-electron chi connectivity index (χ2n) is 8.91. The maximum atomic E-state index is 6.39. The van der Waals surface area contributed by atoms with Crippen molar-refractivity contribution >= 4 is 33.6 Å². The Kier molecular flexibility index (Phi) is 5.40. The average molecular weight is 455 g/mol. The minimum absolute atomic E-state index is 0.485. The molecule has 0 bridgehead atoms. The second-order valence-corrected chi connectivity index (χ2v) is 8.91. The summed E-state index contributed by atoms with van der Waals surface area (Å²) in [6, 6.07) is 14.7. The number of hydrogen-bond acceptors (Lipinski definition) is 5. The second kappa shape index (κ2) is 8.41. The van der Waals surface area contributed by atoms with E-state index in [1.807, 2.05) is 24.2 Å².